The Hall–Kier alpha value is -1.03. The molecule has 0 aliphatic heterocycles. The summed E-state index contributed by atoms with van der Waals surface area (Å²) < 4.78 is 2.21. The number of rotatable bonds is 5. The average Bonchev–Trinajstić information content (AvgIpc) is 2.85. The first-order valence-corrected chi connectivity index (χ1v) is 6.84. The number of nitrogens with two attached hydrogens (primary N) is 1. The van der Waals surface area contributed by atoms with Gasteiger partial charge in [0, 0.05) is 38.1 Å². The lowest BCUT2D eigenvalue weighted by atomic mass is 9.94. The van der Waals surface area contributed by atoms with Crippen LogP contribution in [0.15, 0.2) is 12.4 Å². The van der Waals surface area contributed by atoms with Gasteiger partial charge in [0.2, 0.25) is 5.95 Å². The second kappa shape index (κ2) is 6.05. The van der Waals surface area contributed by atoms with Crippen LogP contribution in [0.25, 0.3) is 0 Å². The Balaban J connectivity index is 2.15. The lowest BCUT2D eigenvalue weighted by Gasteiger charge is -2.35. The number of aryl methyl sites for hydroxylation is 1. The summed E-state index contributed by atoms with van der Waals surface area (Å²) in [4.78, 5) is 6.93. The summed E-state index contributed by atoms with van der Waals surface area (Å²) in [6.45, 7) is 4.75. The van der Waals surface area contributed by atoms with E-state index in [1.807, 2.05) is 6.20 Å². The highest BCUT2D eigenvalue weighted by atomic mass is 15.3. The van der Waals surface area contributed by atoms with Crippen molar-refractivity contribution in [2.75, 3.05) is 18.0 Å². The van der Waals surface area contributed by atoms with Crippen molar-refractivity contribution >= 4 is 5.95 Å². The van der Waals surface area contributed by atoms with E-state index >= 15 is 0 Å². The minimum atomic E-state index is 0.639. The predicted molar refractivity (Wildman–Crippen MR) is 71.2 cm³/mol. The summed E-state index contributed by atoms with van der Waals surface area (Å²) in [6.07, 6.45) is 10.6. The van der Waals surface area contributed by atoms with Crippen LogP contribution in [0.4, 0.5) is 5.95 Å². The van der Waals surface area contributed by atoms with E-state index in [-0.39, 0.29) is 0 Å². The van der Waals surface area contributed by atoms with Crippen molar-refractivity contribution in [3.8, 4) is 0 Å². The molecule has 0 spiro atoms. The van der Waals surface area contributed by atoms with Crippen LogP contribution < -0.4 is 10.6 Å². The highest BCUT2D eigenvalue weighted by molar-refractivity contribution is 5.33. The fourth-order valence-electron chi connectivity index (χ4n) is 2.78. The van der Waals surface area contributed by atoms with Crippen LogP contribution >= 0.6 is 0 Å². The van der Waals surface area contributed by atoms with Gasteiger partial charge in [-0.15, -0.1) is 0 Å². The molecule has 1 saturated carbocycles. The molecular weight excluding hydrogens is 212 g/mol. The number of anilines is 1. The summed E-state index contributed by atoms with van der Waals surface area (Å²) in [5, 5.41) is 0. The van der Waals surface area contributed by atoms with Gasteiger partial charge in [-0.05, 0) is 19.8 Å². The molecule has 2 N–H and O–H groups in total. The van der Waals surface area contributed by atoms with Gasteiger partial charge in [0.05, 0.1) is 0 Å². The normalized spacial score (nSPS) is 17.3. The molecule has 0 amide bonds. The summed E-state index contributed by atoms with van der Waals surface area (Å²) in [7, 11) is 0. The molecule has 1 aromatic heterocycles. The number of aromatic nitrogens is 2. The maximum Gasteiger partial charge on any atom is 0.205 e. The third kappa shape index (κ3) is 2.80. The minimum Gasteiger partial charge on any atom is -0.338 e. The molecule has 1 aliphatic rings. The summed E-state index contributed by atoms with van der Waals surface area (Å²) in [5.74, 6) is 1.10. The molecule has 1 aromatic rings. The van der Waals surface area contributed by atoms with Crippen molar-refractivity contribution in [3.05, 3.63) is 12.4 Å². The Labute approximate surface area is 104 Å². The Kier molecular flexibility index (Phi) is 4.42. The van der Waals surface area contributed by atoms with E-state index in [4.69, 9.17) is 5.73 Å². The van der Waals surface area contributed by atoms with Gasteiger partial charge in [0.25, 0.3) is 0 Å². The minimum absolute atomic E-state index is 0.639. The molecular formula is C13H24N4. The van der Waals surface area contributed by atoms with Crippen molar-refractivity contribution < 1.29 is 0 Å². The van der Waals surface area contributed by atoms with Gasteiger partial charge < -0.3 is 15.2 Å². The van der Waals surface area contributed by atoms with Crippen LogP contribution in [0.1, 0.15) is 39.0 Å². The highest BCUT2D eigenvalue weighted by Gasteiger charge is 2.23. The fraction of sp³-hybridized carbons (Fsp3) is 0.769. The zero-order chi connectivity index (χ0) is 12.1. The van der Waals surface area contributed by atoms with E-state index in [0.29, 0.717) is 12.6 Å². The lowest BCUT2D eigenvalue weighted by molar-refractivity contribution is 0.409. The molecule has 1 aliphatic carbocycles. The van der Waals surface area contributed by atoms with E-state index in [0.717, 1.165) is 19.0 Å². The second-order valence-electron chi connectivity index (χ2n) is 4.79. The first kappa shape index (κ1) is 12.4. The van der Waals surface area contributed by atoms with Gasteiger partial charge in [-0.3, -0.25) is 0 Å². The molecule has 0 saturated heterocycles. The topological polar surface area (TPSA) is 47.1 Å². The van der Waals surface area contributed by atoms with Crippen LogP contribution in [0.5, 0.6) is 0 Å². The van der Waals surface area contributed by atoms with Gasteiger partial charge in [-0.1, -0.05) is 19.3 Å². The van der Waals surface area contributed by atoms with Crippen molar-refractivity contribution in [2.45, 2.75) is 51.6 Å². The zero-order valence-corrected chi connectivity index (χ0v) is 10.8. The molecule has 4 heteroatoms. The fourth-order valence-corrected chi connectivity index (χ4v) is 2.78. The number of nitrogens with zero attached hydrogens (tertiary/aromatic N) is 3. The van der Waals surface area contributed by atoms with Crippen LogP contribution in [0.2, 0.25) is 0 Å². The Bertz CT molecular complexity index is 328. The number of hydrogen-bond acceptors (Lipinski definition) is 3. The van der Waals surface area contributed by atoms with Crippen molar-refractivity contribution in [1.82, 2.24) is 9.55 Å². The van der Waals surface area contributed by atoms with Crippen molar-refractivity contribution in [1.29, 1.82) is 0 Å². The van der Waals surface area contributed by atoms with Gasteiger partial charge in [-0.2, -0.15) is 0 Å². The predicted octanol–water partition coefficient (Wildman–Crippen LogP) is 2.00. The quantitative estimate of drug-likeness (QED) is 0.850. The number of imidazole rings is 1. The van der Waals surface area contributed by atoms with Gasteiger partial charge in [0.1, 0.15) is 0 Å². The number of hydrogen-bond donors (Lipinski definition) is 1. The molecule has 0 bridgehead atoms. The molecule has 17 heavy (non-hydrogen) atoms. The Morgan fingerprint density at radius 2 is 2.18 bits per heavy atom. The molecule has 0 aromatic carbocycles. The molecule has 0 atom stereocenters. The summed E-state index contributed by atoms with van der Waals surface area (Å²) in [5.41, 5.74) is 5.76. The first-order chi connectivity index (χ1) is 8.36. The van der Waals surface area contributed by atoms with Crippen LogP contribution in [-0.2, 0) is 6.54 Å². The van der Waals surface area contributed by atoms with E-state index in [1.54, 1.807) is 0 Å². The van der Waals surface area contributed by atoms with Crippen LogP contribution in [0.3, 0.4) is 0 Å². The SMILES string of the molecule is CCn1ccnc1N(CCN)C1CCCCC1. The largest absolute Gasteiger partial charge is 0.338 e. The maximum absolute atomic E-state index is 5.76. The average molecular weight is 236 g/mol. The monoisotopic (exact) mass is 236 g/mol. The molecule has 96 valence electrons. The molecule has 1 heterocycles. The Morgan fingerprint density at radius 1 is 1.41 bits per heavy atom. The summed E-state index contributed by atoms with van der Waals surface area (Å²) in [6, 6.07) is 0.639. The molecule has 0 radical (unpaired) electrons. The van der Waals surface area contributed by atoms with E-state index < -0.39 is 0 Å². The summed E-state index contributed by atoms with van der Waals surface area (Å²) >= 11 is 0. The molecule has 4 nitrogen and oxygen atoms in total. The first-order valence-electron chi connectivity index (χ1n) is 6.84. The Morgan fingerprint density at radius 3 is 2.82 bits per heavy atom. The van der Waals surface area contributed by atoms with Crippen LogP contribution in [0, 0.1) is 0 Å². The van der Waals surface area contributed by atoms with Gasteiger partial charge in [0.15, 0.2) is 0 Å². The molecule has 1 fully saturated rings. The van der Waals surface area contributed by atoms with Crippen molar-refractivity contribution in [3.63, 3.8) is 0 Å². The molecule has 2 rings (SSSR count). The van der Waals surface area contributed by atoms with E-state index in [9.17, 15) is 0 Å². The lowest BCUT2D eigenvalue weighted by Crippen LogP contribution is -2.41. The zero-order valence-electron chi connectivity index (χ0n) is 10.8. The second-order valence-corrected chi connectivity index (χ2v) is 4.79. The van der Waals surface area contributed by atoms with E-state index in [2.05, 4.69) is 27.6 Å². The maximum atomic E-state index is 5.76. The third-order valence-corrected chi connectivity index (χ3v) is 3.68. The van der Waals surface area contributed by atoms with Crippen LogP contribution in [-0.4, -0.2) is 28.7 Å². The van der Waals surface area contributed by atoms with Crippen molar-refractivity contribution in [2.24, 2.45) is 5.73 Å². The van der Waals surface area contributed by atoms with Gasteiger partial charge in [-0.25, -0.2) is 4.98 Å². The smallest absolute Gasteiger partial charge is 0.205 e. The van der Waals surface area contributed by atoms with Gasteiger partial charge >= 0.3 is 0 Å². The third-order valence-electron chi connectivity index (χ3n) is 3.68. The molecule has 0 unspecified atom stereocenters. The van der Waals surface area contributed by atoms with E-state index in [1.165, 1.54) is 32.1 Å². The standard InChI is InChI=1S/C13H24N4/c1-2-16-11-9-15-13(16)17(10-8-14)12-6-4-3-5-7-12/h9,11-12H,2-8,10,14H2,1H3. The highest BCUT2D eigenvalue weighted by Crippen LogP contribution is 2.26.